The highest BCUT2D eigenvalue weighted by atomic mass is 16.5. The maximum Gasteiger partial charge on any atom is 0.362 e. The lowest BCUT2D eigenvalue weighted by Crippen LogP contribution is -2.06. The van der Waals surface area contributed by atoms with Crippen molar-refractivity contribution in [2.75, 3.05) is 14.2 Å². The van der Waals surface area contributed by atoms with Gasteiger partial charge in [0.25, 0.3) is 0 Å². The average molecular weight is 339 g/mol. The summed E-state index contributed by atoms with van der Waals surface area (Å²) >= 11 is 0. The largest absolute Gasteiger partial charge is 0.507 e. The molecule has 3 rings (SSSR count). The normalized spacial score (nSPS) is 11.6. The molecule has 0 atom stereocenters. The van der Waals surface area contributed by atoms with Gasteiger partial charge >= 0.3 is 5.63 Å². The van der Waals surface area contributed by atoms with E-state index in [2.05, 4.69) is 4.98 Å². The van der Waals surface area contributed by atoms with Crippen molar-refractivity contribution in [3.8, 4) is 11.5 Å². The van der Waals surface area contributed by atoms with E-state index in [9.17, 15) is 9.90 Å². The highest BCUT2D eigenvalue weighted by Gasteiger charge is 2.10. The zero-order chi connectivity index (χ0) is 18.0. The first-order valence-corrected chi connectivity index (χ1v) is 7.56. The summed E-state index contributed by atoms with van der Waals surface area (Å²) in [7, 11) is 3.03. The Balaban J connectivity index is 2.06. The van der Waals surface area contributed by atoms with Gasteiger partial charge < -0.3 is 19.0 Å². The highest BCUT2D eigenvalue weighted by Crippen LogP contribution is 2.30. The number of rotatable bonds is 4. The van der Waals surface area contributed by atoms with Crippen LogP contribution in [0, 0.1) is 6.92 Å². The van der Waals surface area contributed by atoms with Crippen LogP contribution < -0.4 is 15.1 Å². The summed E-state index contributed by atoms with van der Waals surface area (Å²) in [6.07, 6.45) is 1.27. The third kappa shape index (κ3) is 3.33. The third-order valence-corrected chi connectivity index (χ3v) is 3.72. The first-order valence-electron chi connectivity index (χ1n) is 7.56. The van der Waals surface area contributed by atoms with Gasteiger partial charge in [0.2, 0.25) is 0 Å². The van der Waals surface area contributed by atoms with Crippen molar-refractivity contribution in [1.82, 2.24) is 4.98 Å². The fourth-order valence-corrected chi connectivity index (χ4v) is 2.43. The Morgan fingerprint density at radius 2 is 1.88 bits per heavy atom. The molecule has 0 aliphatic rings. The second-order valence-electron chi connectivity index (χ2n) is 5.46. The third-order valence-electron chi connectivity index (χ3n) is 3.72. The Bertz CT molecular complexity index is 1020. The summed E-state index contributed by atoms with van der Waals surface area (Å²) in [6.45, 7) is 1.92. The Kier molecular flexibility index (Phi) is 4.43. The lowest BCUT2D eigenvalue weighted by molar-refractivity contribution is 0.354. The molecule has 25 heavy (non-hydrogen) atoms. The topological polar surface area (TPSA) is 81.8 Å². The van der Waals surface area contributed by atoms with Crippen molar-refractivity contribution < 1.29 is 19.0 Å². The van der Waals surface area contributed by atoms with Gasteiger partial charge in [-0.25, -0.2) is 9.78 Å². The molecule has 1 aromatic heterocycles. The number of ether oxygens (including phenoxy) is 2. The zero-order valence-electron chi connectivity index (χ0n) is 14.1. The highest BCUT2D eigenvalue weighted by molar-refractivity contribution is 5.79. The number of hydrogen-bond donors (Lipinski definition) is 1. The molecule has 1 N–H and O–H groups in total. The van der Waals surface area contributed by atoms with E-state index in [1.54, 1.807) is 24.3 Å². The van der Waals surface area contributed by atoms with E-state index in [0.29, 0.717) is 28.2 Å². The second-order valence-corrected chi connectivity index (χ2v) is 5.46. The Morgan fingerprint density at radius 3 is 2.60 bits per heavy atom. The van der Waals surface area contributed by atoms with Gasteiger partial charge in [-0.15, -0.1) is 0 Å². The molecule has 0 bridgehead atoms. The molecular formula is C19H17NO5. The van der Waals surface area contributed by atoms with Crippen molar-refractivity contribution in [1.29, 1.82) is 0 Å². The minimum absolute atomic E-state index is 0.0189. The quantitative estimate of drug-likeness (QED) is 0.732. The lowest BCUT2D eigenvalue weighted by atomic mass is 10.1. The predicted molar refractivity (Wildman–Crippen MR) is 95.1 cm³/mol. The molecule has 0 saturated heterocycles. The Labute approximate surface area is 144 Å². The van der Waals surface area contributed by atoms with Gasteiger partial charge in [-0.2, -0.15) is 0 Å². The van der Waals surface area contributed by atoms with E-state index in [0.717, 1.165) is 5.56 Å². The number of aliphatic hydroxyl groups excluding tert-OH is 1. The summed E-state index contributed by atoms with van der Waals surface area (Å²) in [5.41, 5.74) is 1.80. The van der Waals surface area contributed by atoms with Crippen LogP contribution in [0.15, 0.2) is 45.6 Å². The van der Waals surface area contributed by atoms with Gasteiger partial charge in [0.15, 0.2) is 22.8 Å². The summed E-state index contributed by atoms with van der Waals surface area (Å²) in [5.74, 6) is 0.875. The van der Waals surface area contributed by atoms with Crippen LogP contribution in [0.1, 0.15) is 16.8 Å². The van der Waals surface area contributed by atoms with Crippen LogP contribution in [0.4, 0.5) is 0 Å². The molecule has 0 unspecified atom stereocenters. The predicted octanol–water partition coefficient (Wildman–Crippen LogP) is 3.57. The molecule has 6 heteroatoms. The smallest absolute Gasteiger partial charge is 0.362 e. The molecule has 0 amide bonds. The van der Waals surface area contributed by atoms with Crippen LogP contribution in [-0.2, 0) is 0 Å². The second kappa shape index (κ2) is 6.68. The number of nitrogens with zero attached hydrogens (tertiary/aromatic N) is 1. The Morgan fingerprint density at radius 1 is 1.12 bits per heavy atom. The van der Waals surface area contributed by atoms with Crippen molar-refractivity contribution in [2.24, 2.45) is 0 Å². The minimum atomic E-state index is -0.622. The minimum Gasteiger partial charge on any atom is -0.507 e. The lowest BCUT2D eigenvalue weighted by Gasteiger charge is -2.09. The molecule has 2 aromatic carbocycles. The van der Waals surface area contributed by atoms with Crippen LogP contribution in [-0.4, -0.2) is 24.3 Å². The van der Waals surface area contributed by atoms with E-state index in [1.807, 2.05) is 19.1 Å². The van der Waals surface area contributed by atoms with Crippen LogP contribution in [0.25, 0.3) is 22.9 Å². The van der Waals surface area contributed by atoms with Gasteiger partial charge in [-0.05, 0) is 42.8 Å². The molecule has 128 valence electrons. The molecule has 3 aromatic rings. The number of aliphatic hydroxyl groups is 1. The molecule has 1 heterocycles. The van der Waals surface area contributed by atoms with Crippen LogP contribution >= 0.6 is 0 Å². The van der Waals surface area contributed by atoms with Gasteiger partial charge in [0, 0.05) is 11.6 Å². The molecule has 0 spiro atoms. The number of aryl methyl sites for hydroxylation is 1. The van der Waals surface area contributed by atoms with Gasteiger partial charge in [0.05, 0.1) is 14.2 Å². The van der Waals surface area contributed by atoms with Crippen LogP contribution in [0.5, 0.6) is 11.5 Å². The summed E-state index contributed by atoms with van der Waals surface area (Å²) in [6, 6.07) is 10.3. The average Bonchev–Trinajstić information content (AvgIpc) is 2.62. The molecule has 0 saturated carbocycles. The SMILES string of the molecule is COc1ccc(/C(O)=C/c2nc3cc(C)ccc3oc2=O)cc1OC. The van der Waals surface area contributed by atoms with Gasteiger partial charge in [0.1, 0.15) is 11.3 Å². The summed E-state index contributed by atoms with van der Waals surface area (Å²) < 4.78 is 15.6. The maximum absolute atomic E-state index is 12.1. The number of methoxy groups -OCH3 is 2. The number of fused-ring (bicyclic) bond motifs is 1. The Hall–Kier alpha value is -3.28. The molecule has 0 radical (unpaired) electrons. The maximum atomic E-state index is 12.1. The van der Waals surface area contributed by atoms with Crippen molar-refractivity contribution in [3.63, 3.8) is 0 Å². The first-order chi connectivity index (χ1) is 12.0. The molecule has 0 fully saturated rings. The van der Waals surface area contributed by atoms with Crippen LogP contribution in [0.3, 0.4) is 0 Å². The molecule has 6 nitrogen and oxygen atoms in total. The monoisotopic (exact) mass is 339 g/mol. The number of hydrogen-bond acceptors (Lipinski definition) is 6. The summed E-state index contributed by atoms with van der Waals surface area (Å²) in [5, 5.41) is 10.4. The van der Waals surface area contributed by atoms with Crippen LogP contribution in [0.2, 0.25) is 0 Å². The van der Waals surface area contributed by atoms with E-state index >= 15 is 0 Å². The fourth-order valence-electron chi connectivity index (χ4n) is 2.43. The number of benzene rings is 2. The van der Waals surface area contributed by atoms with Crippen molar-refractivity contribution >= 4 is 22.9 Å². The van der Waals surface area contributed by atoms with E-state index < -0.39 is 5.63 Å². The standard InChI is InChI=1S/C19H17NO5/c1-11-4-6-16-13(8-11)20-14(19(22)25-16)10-15(21)12-5-7-17(23-2)18(9-12)24-3/h4-10,21H,1-3H3/b15-10-. The van der Waals surface area contributed by atoms with E-state index in [4.69, 9.17) is 13.9 Å². The van der Waals surface area contributed by atoms with Crippen molar-refractivity contribution in [2.45, 2.75) is 6.92 Å². The van der Waals surface area contributed by atoms with Gasteiger partial charge in [-0.3, -0.25) is 0 Å². The molecular weight excluding hydrogens is 322 g/mol. The zero-order valence-corrected chi connectivity index (χ0v) is 14.1. The van der Waals surface area contributed by atoms with Crippen molar-refractivity contribution in [3.05, 3.63) is 63.6 Å². The number of aromatic nitrogens is 1. The molecule has 0 aliphatic carbocycles. The summed E-state index contributed by atoms with van der Waals surface area (Å²) in [4.78, 5) is 16.4. The fraction of sp³-hybridized carbons (Fsp3) is 0.158. The molecule has 0 aliphatic heterocycles. The van der Waals surface area contributed by atoms with E-state index in [-0.39, 0.29) is 11.5 Å². The van der Waals surface area contributed by atoms with Gasteiger partial charge in [-0.1, -0.05) is 6.07 Å². The van der Waals surface area contributed by atoms with E-state index in [1.165, 1.54) is 20.3 Å². The first kappa shape index (κ1) is 16.6.